The summed E-state index contributed by atoms with van der Waals surface area (Å²) in [5.41, 5.74) is 3.95. The molecule has 0 unspecified atom stereocenters. The molecule has 28 heavy (non-hydrogen) atoms. The molecule has 3 aromatic rings. The van der Waals surface area contributed by atoms with Crippen LogP contribution in [0, 0.1) is 0 Å². The quantitative estimate of drug-likeness (QED) is 0.515. The molecule has 1 aliphatic heterocycles. The average molecular weight is 414 g/mol. The van der Waals surface area contributed by atoms with Gasteiger partial charge >= 0.3 is 0 Å². The van der Waals surface area contributed by atoms with Gasteiger partial charge in [-0.15, -0.1) is 23.1 Å². The van der Waals surface area contributed by atoms with Gasteiger partial charge < -0.3 is 15.0 Å². The summed E-state index contributed by atoms with van der Waals surface area (Å²) in [6, 6.07) is 8.66. The highest BCUT2D eigenvalue weighted by molar-refractivity contribution is 7.99. The number of quaternary nitrogens is 1. The third kappa shape index (κ3) is 3.41. The molecule has 2 N–H and O–H groups in total. The van der Waals surface area contributed by atoms with E-state index < -0.39 is 0 Å². The number of anilines is 1. The molecule has 2 aromatic heterocycles. The third-order valence-electron chi connectivity index (χ3n) is 5.56. The van der Waals surface area contributed by atoms with Crippen LogP contribution in [0.15, 0.2) is 35.6 Å². The van der Waals surface area contributed by atoms with Crippen LogP contribution in [-0.4, -0.2) is 42.5 Å². The van der Waals surface area contributed by atoms with E-state index in [9.17, 15) is 0 Å². The Morgan fingerprint density at radius 2 is 2.07 bits per heavy atom. The maximum atomic E-state index is 6.32. The summed E-state index contributed by atoms with van der Waals surface area (Å²) in [7, 11) is 4.13. The van der Waals surface area contributed by atoms with Gasteiger partial charge in [-0.05, 0) is 49.1 Å². The maximum Gasteiger partial charge on any atom is 0.217 e. The molecule has 1 aliphatic carbocycles. The molecular weight excluding hydrogens is 388 g/mol. The minimum absolute atomic E-state index is 0.0950. The summed E-state index contributed by atoms with van der Waals surface area (Å²) in [4.78, 5) is 13.9. The second kappa shape index (κ2) is 7.63. The molecule has 7 heteroatoms. The molecular formula is C21H25N4OS2+. The van der Waals surface area contributed by atoms with Crippen molar-refractivity contribution in [1.82, 2.24) is 9.97 Å². The largest absolute Gasteiger partial charge is 0.378 e. The summed E-state index contributed by atoms with van der Waals surface area (Å²) >= 11 is 3.68. The van der Waals surface area contributed by atoms with Crippen LogP contribution in [0.5, 0.6) is 0 Å². The molecule has 3 heterocycles. The number of nitrogens with two attached hydrogens (primary N) is 1. The fraction of sp³-hybridized carbons (Fsp3) is 0.429. The monoisotopic (exact) mass is 413 g/mol. The summed E-state index contributed by atoms with van der Waals surface area (Å²) in [6.07, 6.45) is 5.70. The molecule has 0 radical (unpaired) electrons. The van der Waals surface area contributed by atoms with Gasteiger partial charge in [-0.25, -0.2) is 9.97 Å². The third-order valence-corrected chi connectivity index (χ3v) is 7.88. The number of thioether (sulfide) groups is 1. The predicted molar refractivity (Wildman–Crippen MR) is 115 cm³/mol. The van der Waals surface area contributed by atoms with E-state index in [4.69, 9.17) is 4.74 Å². The Hall–Kier alpha value is -1.67. The van der Waals surface area contributed by atoms with Gasteiger partial charge in [0.2, 0.25) is 6.23 Å². The number of aryl methyl sites for hydroxylation is 2. The fourth-order valence-electron chi connectivity index (χ4n) is 4.06. The number of thiophene rings is 1. The van der Waals surface area contributed by atoms with E-state index in [1.807, 2.05) is 23.1 Å². The Kier molecular flexibility index (Phi) is 5.00. The van der Waals surface area contributed by atoms with Crippen molar-refractivity contribution in [3.63, 3.8) is 0 Å². The molecule has 1 fully saturated rings. The molecule has 146 valence electrons. The molecule has 0 saturated carbocycles. The standard InChI is InChI=1S/C21H24N4OS2/c1-25(2)14-8-6-13(7-9-14)19-22-10-15(26-19)11-27-20-18-16-4-3-5-17(16)28-21(18)24-12-23-20/h6-9,12,15,19,22H,3-5,10-11H2,1-2H3/p+1/t15-,19+/m1/s1. The van der Waals surface area contributed by atoms with Crippen LogP contribution in [-0.2, 0) is 17.6 Å². The van der Waals surface area contributed by atoms with E-state index in [2.05, 4.69) is 58.5 Å². The van der Waals surface area contributed by atoms with Crippen molar-refractivity contribution in [2.45, 2.75) is 36.6 Å². The molecule has 0 bridgehead atoms. The number of nitrogens with zero attached hydrogens (tertiary/aromatic N) is 3. The number of fused-ring (bicyclic) bond motifs is 3. The minimum atomic E-state index is 0.0950. The first-order chi connectivity index (χ1) is 13.7. The highest BCUT2D eigenvalue weighted by Crippen LogP contribution is 2.40. The number of aromatic nitrogens is 2. The van der Waals surface area contributed by atoms with Gasteiger partial charge in [0.15, 0.2) is 0 Å². The van der Waals surface area contributed by atoms with Gasteiger partial charge in [-0.1, -0.05) is 0 Å². The number of hydrogen-bond acceptors (Lipinski definition) is 6. The van der Waals surface area contributed by atoms with Crippen molar-refractivity contribution >= 4 is 39.0 Å². The Balaban J connectivity index is 1.25. The highest BCUT2D eigenvalue weighted by Gasteiger charge is 2.30. The lowest BCUT2D eigenvalue weighted by Crippen LogP contribution is -2.82. The number of hydrogen-bond donors (Lipinski definition) is 1. The van der Waals surface area contributed by atoms with Crippen molar-refractivity contribution in [1.29, 1.82) is 0 Å². The Morgan fingerprint density at radius 1 is 1.21 bits per heavy atom. The van der Waals surface area contributed by atoms with E-state index in [-0.39, 0.29) is 12.3 Å². The van der Waals surface area contributed by atoms with Crippen molar-refractivity contribution < 1.29 is 10.1 Å². The Morgan fingerprint density at radius 3 is 2.89 bits per heavy atom. The van der Waals surface area contributed by atoms with Crippen LogP contribution in [0.4, 0.5) is 5.69 Å². The van der Waals surface area contributed by atoms with E-state index >= 15 is 0 Å². The van der Waals surface area contributed by atoms with Gasteiger partial charge in [0.05, 0.1) is 0 Å². The normalized spacial score (nSPS) is 21.4. The van der Waals surface area contributed by atoms with E-state index in [0.29, 0.717) is 0 Å². The minimum Gasteiger partial charge on any atom is -0.378 e. The summed E-state index contributed by atoms with van der Waals surface area (Å²) < 4.78 is 6.32. The van der Waals surface area contributed by atoms with Crippen LogP contribution >= 0.6 is 23.1 Å². The predicted octanol–water partition coefficient (Wildman–Crippen LogP) is 3.00. The smallest absolute Gasteiger partial charge is 0.217 e. The topological polar surface area (TPSA) is 54.9 Å². The first kappa shape index (κ1) is 18.4. The lowest BCUT2D eigenvalue weighted by Gasteiger charge is -2.14. The van der Waals surface area contributed by atoms with Gasteiger partial charge in [-0.2, -0.15) is 0 Å². The van der Waals surface area contributed by atoms with Gasteiger partial charge in [0.25, 0.3) is 0 Å². The molecule has 5 rings (SSSR count). The highest BCUT2D eigenvalue weighted by atomic mass is 32.2. The second-order valence-corrected chi connectivity index (χ2v) is 9.76. The second-order valence-electron chi connectivity index (χ2n) is 7.66. The van der Waals surface area contributed by atoms with Crippen LogP contribution in [0.25, 0.3) is 10.2 Å². The summed E-state index contributed by atoms with van der Waals surface area (Å²) in [6.45, 7) is 0.989. The maximum absolute atomic E-state index is 6.32. The van der Waals surface area contributed by atoms with Gasteiger partial charge in [-0.3, -0.25) is 0 Å². The van der Waals surface area contributed by atoms with Crippen molar-refractivity contribution in [2.75, 3.05) is 31.3 Å². The van der Waals surface area contributed by atoms with Crippen molar-refractivity contribution in [2.24, 2.45) is 0 Å². The Labute approximate surface area is 173 Å². The number of ether oxygens (including phenoxy) is 1. The SMILES string of the molecule is CN(C)c1ccc([C@H]2[NH2+]C[C@H](CSc3ncnc4sc5c(c34)CCC5)O2)cc1. The zero-order valence-electron chi connectivity index (χ0n) is 16.2. The van der Waals surface area contributed by atoms with E-state index in [1.165, 1.54) is 46.3 Å². The molecule has 0 amide bonds. The van der Waals surface area contributed by atoms with Gasteiger partial charge in [0.1, 0.15) is 28.8 Å². The number of benzene rings is 1. The van der Waals surface area contributed by atoms with Crippen LogP contribution in [0.3, 0.4) is 0 Å². The lowest BCUT2D eigenvalue weighted by molar-refractivity contribution is -0.697. The van der Waals surface area contributed by atoms with Gasteiger partial charge in [0, 0.05) is 41.4 Å². The van der Waals surface area contributed by atoms with Crippen LogP contribution < -0.4 is 10.2 Å². The Bertz CT molecular complexity index is 986. The average Bonchev–Trinajstić information content (AvgIpc) is 3.42. The summed E-state index contributed by atoms with van der Waals surface area (Å²) in [5.74, 6) is 0.930. The molecule has 2 atom stereocenters. The lowest BCUT2D eigenvalue weighted by atomic mass is 10.2. The molecule has 1 aromatic carbocycles. The zero-order chi connectivity index (χ0) is 19.1. The number of rotatable bonds is 5. The van der Waals surface area contributed by atoms with Crippen LogP contribution in [0.1, 0.15) is 28.7 Å². The zero-order valence-corrected chi connectivity index (χ0v) is 17.9. The molecule has 5 nitrogen and oxygen atoms in total. The van der Waals surface area contributed by atoms with E-state index in [0.717, 1.165) is 22.2 Å². The first-order valence-electron chi connectivity index (χ1n) is 9.83. The summed E-state index contributed by atoms with van der Waals surface area (Å²) in [5, 5.41) is 4.74. The van der Waals surface area contributed by atoms with Crippen molar-refractivity contribution in [3.05, 3.63) is 46.6 Å². The molecule has 2 aliphatic rings. The molecule has 1 saturated heterocycles. The van der Waals surface area contributed by atoms with Crippen LogP contribution in [0.2, 0.25) is 0 Å². The first-order valence-corrected chi connectivity index (χ1v) is 11.6. The van der Waals surface area contributed by atoms with Crippen molar-refractivity contribution in [3.8, 4) is 0 Å². The molecule has 0 spiro atoms. The fourth-order valence-corrected chi connectivity index (χ4v) is 6.40. The van der Waals surface area contributed by atoms with E-state index in [1.54, 1.807) is 6.33 Å².